The van der Waals surface area contributed by atoms with Gasteiger partial charge in [0.1, 0.15) is 0 Å². The van der Waals surface area contributed by atoms with Gasteiger partial charge in [-0.1, -0.05) is 48.5 Å². The van der Waals surface area contributed by atoms with Crippen LogP contribution in [0.1, 0.15) is 37.1 Å². The molecule has 2 aromatic carbocycles. The number of benzene rings is 2. The van der Waals surface area contributed by atoms with Crippen LogP contribution in [0.3, 0.4) is 0 Å². The Morgan fingerprint density at radius 2 is 1.80 bits per heavy atom. The first-order valence-electron chi connectivity index (χ1n) is 10.4. The molecule has 30 heavy (non-hydrogen) atoms. The van der Waals surface area contributed by atoms with E-state index in [0.29, 0.717) is 31.4 Å². The average Bonchev–Trinajstić information content (AvgIpc) is 2.99. The zero-order valence-electron chi connectivity index (χ0n) is 17.4. The number of esters is 1. The van der Waals surface area contributed by atoms with Gasteiger partial charge in [-0.2, -0.15) is 0 Å². The number of hydrogen-bond donors (Lipinski definition) is 1. The summed E-state index contributed by atoms with van der Waals surface area (Å²) in [5, 5.41) is 1.08. The fourth-order valence-electron chi connectivity index (χ4n) is 3.88. The minimum absolute atomic E-state index is 0.00292. The number of carbonyl (C=O) groups is 2. The molecule has 1 aromatic heterocycles. The molecule has 5 nitrogen and oxygen atoms in total. The van der Waals surface area contributed by atoms with Crippen molar-refractivity contribution in [2.45, 2.75) is 39.2 Å². The van der Waals surface area contributed by atoms with Crippen LogP contribution in [0.4, 0.5) is 0 Å². The van der Waals surface area contributed by atoms with Crippen molar-refractivity contribution in [3.05, 3.63) is 77.6 Å². The molecule has 3 aromatic rings. The second-order valence-corrected chi connectivity index (χ2v) is 7.84. The molecule has 4 rings (SSSR count). The maximum absolute atomic E-state index is 13.0. The molecule has 1 aliphatic heterocycles. The molecule has 0 saturated carbocycles. The molecule has 0 atom stereocenters. The van der Waals surface area contributed by atoms with Crippen LogP contribution in [-0.4, -0.2) is 34.4 Å². The van der Waals surface area contributed by atoms with Crippen LogP contribution in [0.25, 0.3) is 16.5 Å². The van der Waals surface area contributed by atoms with Crippen molar-refractivity contribution in [2.75, 3.05) is 6.54 Å². The van der Waals surface area contributed by atoms with Crippen LogP contribution < -0.4 is 0 Å². The zero-order chi connectivity index (χ0) is 21.1. The predicted octanol–water partition coefficient (Wildman–Crippen LogP) is 4.48. The number of aromatic nitrogens is 1. The summed E-state index contributed by atoms with van der Waals surface area (Å²) < 4.78 is 5.49. The van der Waals surface area contributed by atoms with Gasteiger partial charge in [-0.15, -0.1) is 0 Å². The number of H-pyrrole nitrogens is 1. The van der Waals surface area contributed by atoms with Crippen LogP contribution in [0.15, 0.2) is 60.8 Å². The van der Waals surface area contributed by atoms with Crippen molar-refractivity contribution < 1.29 is 14.3 Å². The van der Waals surface area contributed by atoms with E-state index in [-0.39, 0.29) is 12.0 Å². The van der Waals surface area contributed by atoms with E-state index in [0.717, 1.165) is 27.7 Å². The highest BCUT2D eigenvalue weighted by Crippen LogP contribution is 2.31. The molecule has 0 aliphatic carbocycles. The van der Waals surface area contributed by atoms with Gasteiger partial charge in [-0.3, -0.25) is 4.79 Å². The molecule has 154 valence electrons. The summed E-state index contributed by atoms with van der Waals surface area (Å²) in [6, 6.07) is 18.0. The Balaban J connectivity index is 1.64. The third kappa shape index (κ3) is 4.15. The van der Waals surface area contributed by atoms with E-state index in [1.54, 1.807) is 11.1 Å². The molecule has 0 unspecified atom stereocenters. The Kier molecular flexibility index (Phi) is 5.70. The Morgan fingerprint density at radius 3 is 2.57 bits per heavy atom. The highest BCUT2D eigenvalue weighted by molar-refractivity contribution is 6.18. The van der Waals surface area contributed by atoms with Gasteiger partial charge in [-0.05, 0) is 43.9 Å². The fourth-order valence-corrected chi connectivity index (χ4v) is 3.88. The maximum Gasteiger partial charge on any atom is 0.342 e. The number of nitrogens with one attached hydrogen (secondary N) is 1. The van der Waals surface area contributed by atoms with Crippen molar-refractivity contribution in [3.8, 4) is 0 Å². The summed E-state index contributed by atoms with van der Waals surface area (Å²) in [4.78, 5) is 30.9. The van der Waals surface area contributed by atoms with Gasteiger partial charge in [-0.25, -0.2) is 4.79 Å². The number of para-hydroxylation sites is 1. The minimum Gasteiger partial charge on any atom is -0.459 e. The number of fused-ring (bicyclic) bond motifs is 3. The molecule has 0 bridgehead atoms. The molecule has 5 heteroatoms. The maximum atomic E-state index is 13.0. The molecular weight excluding hydrogens is 376 g/mol. The molecule has 1 N–H and O–H groups in total. The number of rotatable bonds is 5. The quantitative estimate of drug-likeness (QED) is 0.640. The van der Waals surface area contributed by atoms with Gasteiger partial charge in [0, 0.05) is 30.1 Å². The van der Waals surface area contributed by atoms with Crippen molar-refractivity contribution in [1.29, 1.82) is 0 Å². The van der Waals surface area contributed by atoms with Gasteiger partial charge in [0.25, 0.3) is 0 Å². The number of nitrogens with zero attached hydrogens (tertiary/aromatic N) is 1. The van der Waals surface area contributed by atoms with Gasteiger partial charge < -0.3 is 14.6 Å². The zero-order valence-corrected chi connectivity index (χ0v) is 17.4. The smallest absolute Gasteiger partial charge is 0.342 e. The van der Waals surface area contributed by atoms with Gasteiger partial charge in [0.05, 0.1) is 17.4 Å². The largest absolute Gasteiger partial charge is 0.459 e. The fraction of sp³-hybridized carbons (Fsp3) is 0.280. The van der Waals surface area contributed by atoms with Crippen LogP contribution in [-0.2, 0) is 27.2 Å². The molecule has 0 fully saturated rings. The predicted molar refractivity (Wildman–Crippen MR) is 118 cm³/mol. The topological polar surface area (TPSA) is 62.4 Å². The van der Waals surface area contributed by atoms with E-state index in [4.69, 9.17) is 4.74 Å². The van der Waals surface area contributed by atoms with E-state index in [1.807, 2.05) is 68.4 Å². The van der Waals surface area contributed by atoms with E-state index in [9.17, 15) is 9.59 Å². The summed E-state index contributed by atoms with van der Waals surface area (Å²) >= 11 is 0. The Bertz CT molecular complexity index is 1100. The Labute approximate surface area is 176 Å². The number of aryl methyl sites for hydroxylation is 1. The van der Waals surface area contributed by atoms with Crippen LogP contribution >= 0.6 is 0 Å². The van der Waals surface area contributed by atoms with Crippen LogP contribution in [0, 0.1) is 0 Å². The molecule has 0 spiro atoms. The number of carbonyl (C=O) groups excluding carboxylic acids is 2. The van der Waals surface area contributed by atoms with Gasteiger partial charge >= 0.3 is 5.97 Å². The highest BCUT2D eigenvalue weighted by Gasteiger charge is 2.27. The second-order valence-electron chi connectivity index (χ2n) is 7.84. The van der Waals surface area contributed by atoms with Crippen molar-refractivity contribution >= 4 is 28.4 Å². The lowest BCUT2D eigenvalue weighted by Crippen LogP contribution is -2.28. The lowest BCUT2D eigenvalue weighted by molar-refractivity contribution is -0.140. The van der Waals surface area contributed by atoms with Crippen molar-refractivity contribution in [2.24, 2.45) is 0 Å². The summed E-state index contributed by atoms with van der Waals surface area (Å²) in [5.41, 5.74) is 4.31. The van der Waals surface area contributed by atoms with Gasteiger partial charge in [0.2, 0.25) is 5.91 Å². The summed E-state index contributed by atoms with van der Waals surface area (Å²) in [6.07, 6.45) is 3.16. The minimum atomic E-state index is -0.416. The Morgan fingerprint density at radius 1 is 1.07 bits per heavy atom. The summed E-state index contributed by atoms with van der Waals surface area (Å²) in [5.74, 6) is -0.413. The molecule has 1 amide bonds. The number of hydrogen-bond acceptors (Lipinski definition) is 3. The van der Waals surface area contributed by atoms with Crippen LogP contribution in [0.5, 0.6) is 0 Å². The lowest BCUT2D eigenvalue weighted by atomic mass is 10.0. The molecule has 2 heterocycles. The first-order chi connectivity index (χ1) is 14.5. The van der Waals surface area contributed by atoms with Crippen molar-refractivity contribution in [3.63, 3.8) is 0 Å². The molecular formula is C25H26N2O3. The molecule has 0 radical (unpaired) electrons. The van der Waals surface area contributed by atoms with Crippen LogP contribution in [0.2, 0.25) is 0 Å². The standard InChI is InChI=1S/C25H26N2O3/c1-17(2)30-25(29)21-16-27(23(28)13-12-18-8-4-3-5-9-18)15-14-20-19-10-6-7-11-22(19)26-24(20)21/h3-11,16-17,26H,12-15H2,1-2H3. The Hall–Kier alpha value is -3.34. The van der Waals surface area contributed by atoms with Crippen molar-refractivity contribution in [1.82, 2.24) is 9.88 Å². The number of amides is 1. The normalized spacial score (nSPS) is 13.7. The van der Waals surface area contributed by atoms with E-state index < -0.39 is 5.97 Å². The molecule has 1 aliphatic rings. The SMILES string of the molecule is CC(C)OC(=O)C1=CN(C(=O)CCc2ccccc2)CCc2c1[nH]c1ccccc21. The van der Waals surface area contributed by atoms with E-state index >= 15 is 0 Å². The first-order valence-corrected chi connectivity index (χ1v) is 10.4. The van der Waals surface area contributed by atoms with E-state index in [1.165, 1.54) is 0 Å². The second kappa shape index (κ2) is 8.57. The third-order valence-corrected chi connectivity index (χ3v) is 5.32. The monoisotopic (exact) mass is 402 g/mol. The third-order valence-electron chi connectivity index (χ3n) is 5.32. The number of aromatic amines is 1. The average molecular weight is 402 g/mol. The highest BCUT2D eigenvalue weighted by atomic mass is 16.5. The number of ether oxygens (including phenoxy) is 1. The first kappa shape index (κ1) is 20.0. The van der Waals surface area contributed by atoms with Gasteiger partial charge in [0.15, 0.2) is 0 Å². The molecule has 0 saturated heterocycles. The lowest BCUT2D eigenvalue weighted by Gasteiger charge is -2.18. The van der Waals surface area contributed by atoms with E-state index in [2.05, 4.69) is 4.98 Å². The summed E-state index contributed by atoms with van der Waals surface area (Å²) in [6.45, 7) is 4.18. The summed E-state index contributed by atoms with van der Waals surface area (Å²) in [7, 11) is 0.